The Kier molecular flexibility index (Phi) is 4.29. The van der Waals surface area contributed by atoms with E-state index < -0.39 is 0 Å². The topological polar surface area (TPSA) is 78.4 Å². The Labute approximate surface area is 128 Å². The fourth-order valence-electron chi connectivity index (χ4n) is 2.50. The first kappa shape index (κ1) is 14.5. The SMILES string of the molecule is O=C(Nc1cnc(-c2ccccc2)nc1)N1CCC(CO)C1. The van der Waals surface area contributed by atoms with Crippen LogP contribution in [0.4, 0.5) is 10.5 Å². The quantitative estimate of drug-likeness (QED) is 0.908. The molecule has 114 valence electrons. The van der Waals surface area contributed by atoms with Crippen molar-refractivity contribution in [3.8, 4) is 11.4 Å². The Morgan fingerprint density at radius 2 is 2.00 bits per heavy atom. The van der Waals surface area contributed by atoms with Crippen LogP contribution in [0.2, 0.25) is 0 Å². The van der Waals surface area contributed by atoms with Gasteiger partial charge in [0.25, 0.3) is 0 Å². The molecule has 22 heavy (non-hydrogen) atoms. The lowest BCUT2D eigenvalue weighted by Gasteiger charge is -2.16. The zero-order valence-electron chi connectivity index (χ0n) is 12.1. The third-order valence-corrected chi connectivity index (χ3v) is 3.77. The van der Waals surface area contributed by atoms with Gasteiger partial charge in [-0.1, -0.05) is 30.3 Å². The Morgan fingerprint density at radius 3 is 2.64 bits per heavy atom. The zero-order chi connectivity index (χ0) is 15.4. The zero-order valence-corrected chi connectivity index (χ0v) is 12.1. The molecule has 6 nitrogen and oxygen atoms in total. The van der Waals surface area contributed by atoms with Crippen LogP contribution in [-0.2, 0) is 0 Å². The van der Waals surface area contributed by atoms with Gasteiger partial charge in [-0.2, -0.15) is 0 Å². The predicted molar refractivity (Wildman–Crippen MR) is 83.3 cm³/mol. The van der Waals surface area contributed by atoms with Crippen molar-refractivity contribution in [2.45, 2.75) is 6.42 Å². The van der Waals surface area contributed by atoms with Crippen molar-refractivity contribution < 1.29 is 9.90 Å². The molecule has 2 N–H and O–H groups in total. The molecule has 0 bridgehead atoms. The number of hydrogen-bond acceptors (Lipinski definition) is 4. The smallest absolute Gasteiger partial charge is 0.321 e. The van der Waals surface area contributed by atoms with Gasteiger partial charge in [-0.15, -0.1) is 0 Å². The van der Waals surface area contributed by atoms with Crippen molar-refractivity contribution in [2.24, 2.45) is 5.92 Å². The van der Waals surface area contributed by atoms with Crippen molar-refractivity contribution in [1.82, 2.24) is 14.9 Å². The van der Waals surface area contributed by atoms with Gasteiger partial charge in [-0.3, -0.25) is 0 Å². The Bertz CT molecular complexity index is 630. The number of benzene rings is 1. The molecule has 1 saturated heterocycles. The van der Waals surface area contributed by atoms with Gasteiger partial charge in [0.05, 0.1) is 18.1 Å². The van der Waals surface area contributed by atoms with Crippen molar-refractivity contribution in [1.29, 1.82) is 0 Å². The van der Waals surface area contributed by atoms with Crippen LogP contribution in [0, 0.1) is 5.92 Å². The number of anilines is 1. The van der Waals surface area contributed by atoms with Crippen molar-refractivity contribution in [3.63, 3.8) is 0 Å². The number of likely N-dealkylation sites (tertiary alicyclic amines) is 1. The molecule has 0 radical (unpaired) electrons. The number of carbonyl (C=O) groups is 1. The summed E-state index contributed by atoms with van der Waals surface area (Å²) in [5, 5.41) is 11.9. The molecule has 1 aromatic heterocycles. The molecule has 2 heterocycles. The largest absolute Gasteiger partial charge is 0.396 e. The lowest BCUT2D eigenvalue weighted by Crippen LogP contribution is -2.33. The predicted octanol–water partition coefficient (Wildman–Crippen LogP) is 1.99. The molecule has 0 spiro atoms. The average Bonchev–Trinajstić information content (AvgIpc) is 3.06. The Hall–Kier alpha value is -2.47. The van der Waals surface area contributed by atoms with Crippen LogP contribution < -0.4 is 5.32 Å². The number of aliphatic hydroxyl groups is 1. The highest BCUT2D eigenvalue weighted by Crippen LogP contribution is 2.18. The van der Waals surface area contributed by atoms with E-state index in [9.17, 15) is 4.79 Å². The van der Waals surface area contributed by atoms with Gasteiger partial charge in [-0.25, -0.2) is 14.8 Å². The molecule has 3 rings (SSSR count). The van der Waals surface area contributed by atoms with Gasteiger partial charge in [0.2, 0.25) is 0 Å². The summed E-state index contributed by atoms with van der Waals surface area (Å²) in [7, 11) is 0. The fraction of sp³-hybridized carbons (Fsp3) is 0.312. The number of urea groups is 1. The van der Waals surface area contributed by atoms with Gasteiger partial charge in [0, 0.05) is 31.2 Å². The van der Waals surface area contributed by atoms with E-state index in [4.69, 9.17) is 5.11 Å². The van der Waals surface area contributed by atoms with Crippen LogP contribution in [0.1, 0.15) is 6.42 Å². The summed E-state index contributed by atoms with van der Waals surface area (Å²) >= 11 is 0. The minimum atomic E-state index is -0.174. The first-order chi connectivity index (χ1) is 10.8. The minimum absolute atomic E-state index is 0.124. The third-order valence-electron chi connectivity index (χ3n) is 3.77. The van der Waals surface area contributed by atoms with Crippen molar-refractivity contribution in [2.75, 3.05) is 25.0 Å². The minimum Gasteiger partial charge on any atom is -0.396 e. The highest BCUT2D eigenvalue weighted by molar-refractivity contribution is 5.89. The van der Waals surface area contributed by atoms with E-state index in [1.165, 1.54) is 0 Å². The van der Waals surface area contributed by atoms with E-state index in [-0.39, 0.29) is 18.6 Å². The molecule has 1 aliphatic rings. The first-order valence-corrected chi connectivity index (χ1v) is 7.30. The second-order valence-corrected chi connectivity index (χ2v) is 5.37. The summed E-state index contributed by atoms with van der Waals surface area (Å²) in [6.45, 7) is 1.38. The average molecular weight is 298 g/mol. The molecule has 6 heteroatoms. The Balaban J connectivity index is 1.63. The van der Waals surface area contributed by atoms with Crippen LogP contribution in [0.25, 0.3) is 11.4 Å². The van der Waals surface area contributed by atoms with Gasteiger partial charge in [0.15, 0.2) is 5.82 Å². The van der Waals surface area contributed by atoms with E-state index in [2.05, 4.69) is 15.3 Å². The highest BCUT2D eigenvalue weighted by atomic mass is 16.3. The maximum Gasteiger partial charge on any atom is 0.321 e. The van der Waals surface area contributed by atoms with Crippen LogP contribution in [-0.4, -0.2) is 45.7 Å². The van der Waals surface area contributed by atoms with Gasteiger partial charge < -0.3 is 15.3 Å². The Morgan fingerprint density at radius 1 is 1.27 bits per heavy atom. The number of nitrogens with one attached hydrogen (secondary N) is 1. The molecule has 1 aromatic carbocycles. The maximum absolute atomic E-state index is 12.1. The second-order valence-electron chi connectivity index (χ2n) is 5.37. The van der Waals surface area contributed by atoms with Gasteiger partial charge in [0.1, 0.15) is 0 Å². The van der Waals surface area contributed by atoms with E-state index >= 15 is 0 Å². The first-order valence-electron chi connectivity index (χ1n) is 7.30. The van der Waals surface area contributed by atoms with Gasteiger partial charge >= 0.3 is 6.03 Å². The van der Waals surface area contributed by atoms with Crippen LogP contribution in [0.3, 0.4) is 0 Å². The monoisotopic (exact) mass is 298 g/mol. The van der Waals surface area contributed by atoms with Gasteiger partial charge in [-0.05, 0) is 6.42 Å². The molecule has 1 fully saturated rings. The standard InChI is InChI=1S/C16H18N4O2/c21-11-12-6-7-20(10-12)16(22)19-14-8-17-15(18-9-14)13-4-2-1-3-5-13/h1-5,8-9,12,21H,6-7,10-11H2,(H,19,22). The second kappa shape index (κ2) is 6.53. The number of nitrogens with zero attached hydrogens (tertiary/aromatic N) is 3. The molecule has 1 unspecified atom stereocenters. The number of aliphatic hydroxyl groups excluding tert-OH is 1. The molecule has 0 saturated carbocycles. The number of rotatable bonds is 3. The number of amides is 2. The summed E-state index contributed by atoms with van der Waals surface area (Å²) in [5.41, 5.74) is 1.50. The normalized spacial score (nSPS) is 17.5. The summed E-state index contributed by atoms with van der Waals surface area (Å²) < 4.78 is 0. The van der Waals surface area contributed by atoms with E-state index in [0.29, 0.717) is 24.6 Å². The summed E-state index contributed by atoms with van der Waals surface area (Å²) in [6, 6.07) is 9.50. The number of aromatic nitrogens is 2. The highest BCUT2D eigenvalue weighted by Gasteiger charge is 2.25. The van der Waals surface area contributed by atoms with Crippen LogP contribution in [0.5, 0.6) is 0 Å². The molecule has 1 aliphatic heterocycles. The molecule has 2 amide bonds. The van der Waals surface area contributed by atoms with E-state index in [1.54, 1.807) is 17.3 Å². The van der Waals surface area contributed by atoms with E-state index in [0.717, 1.165) is 12.0 Å². The molecular weight excluding hydrogens is 280 g/mol. The number of hydrogen-bond donors (Lipinski definition) is 2. The summed E-state index contributed by atoms with van der Waals surface area (Å²) in [4.78, 5) is 22.4. The molecule has 1 atom stereocenters. The lowest BCUT2D eigenvalue weighted by molar-refractivity contribution is 0.208. The molecule has 0 aliphatic carbocycles. The van der Waals surface area contributed by atoms with Crippen LogP contribution in [0.15, 0.2) is 42.7 Å². The summed E-state index contributed by atoms with van der Waals surface area (Å²) in [6.07, 6.45) is 4.05. The summed E-state index contributed by atoms with van der Waals surface area (Å²) in [5.74, 6) is 0.808. The van der Waals surface area contributed by atoms with Crippen molar-refractivity contribution in [3.05, 3.63) is 42.7 Å². The van der Waals surface area contributed by atoms with Crippen LogP contribution >= 0.6 is 0 Å². The van der Waals surface area contributed by atoms with E-state index in [1.807, 2.05) is 30.3 Å². The number of carbonyl (C=O) groups excluding carboxylic acids is 1. The molecular formula is C16H18N4O2. The molecule has 2 aromatic rings. The van der Waals surface area contributed by atoms with Crippen molar-refractivity contribution >= 4 is 11.7 Å². The lowest BCUT2D eigenvalue weighted by atomic mass is 10.1. The third kappa shape index (κ3) is 3.23. The fourth-order valence-corrected chi connectivity index (χ4v) is 2.50. The maximum atomic E-state index is 12.1.